The Hall–Kier alpha value is -0.340. The van der Waals surface area contributed by atoms with Crippen LogP contribution in [0.5, 0.6) is 0 Å². The first-order chi connectivity index (χ1) is 6.54. The average molecular weight is 255 g/mol. The van der Waals surface area contributed by atoms with Gasteiger partial charge >= 0.3 is 0 Å². The summed E-state index contributed by atoms with van der Waals surface area (Å²) in [6.45, 7) is 3.98. The Labute approximate surface area is 93.3 Å². The van der Waals surface area contributed by atoms with E-state index in [1.54, 1.807) is 0 Å². The maximum absolute atomic E-state index is 9.76. The van der Waals surface area contributed by atoms with Crippen LogP contribution in [0.15, 0.2) is 22.7 Å². The summed E-state index contributed by atoms with van der Waals surface area (Å²) in [4.78, 5) is 0. The van der Waals surface area contributed by atoms with E-state index in [0.717, 1.165) is 17.3 Å². The lowest BCUT2D eigenvalue weighted by Crippen LogP contribution is -2.22. The monoisotopic (exact) mass is 254 g/mol. The van der Waals surface area contributed by atoms with Gasteiger partial charge in [-0.2, -0.15) is 0 Å². The second kappa shape index (κ2) is 3.35. The lowest BCUT2D eigenvalue weighted by Gasteiger charge is -2.19. The van der Waals surface area contributed by atoms with E-state index in [1.165, 1.54) is 11.1 Å². The molecule has 1 fully saturated rings. The quantitative estimate of drug-likeness (QED) is 0.860. The number of halogens is 1. The largest absolute Gasteiger partial charge is 0.392 e. The summed E-state index contributed by atoms with van der Waals surface area (Å²) in [7, 11) is 0. The minimum Gasteiger partial charge on any atom is -0.392 e. The molecule has 0 spiro atoms. The van der Waals surface area contributed by atoms with Gasteiger partial charge in [0.1, 0.15) is 0 Å². The normalized spacial score (nSPS) is 20.6. The Morgan fingerprint density at radius 2 is 2.00 bits per heavy atom. The van der Waals surface area contributed by atoms with Gasteiger partial charge in [0.2, 0.25) is 0 Å². The molecule has 1 aromatic carbocycles. The number of aliphatic hydroxyl groups is 1. The lowest BCUT2D eigenvalue weighted by atomic mass is 9.90. The molecule has 1 aliphatic rings. The van der Waals surface area contributed by atoms with Gasteiger partial charge in [0.05, 0.1) is 6.10 Å². The van der Waals surface area contributed by atoms with E-state index in [-0.39, 0.29) is 11.5 Å². The van der Waals surface area contributed by atoms with Crippen LogP contribution in [0.2, 0.25) is 0 Å². The van der Waals surface area contributed by atoms with Crippen molar-refractivity contribution in [1.29, 1.82) is 0 Å². The van der Waals surface area contributed by atoms with Crippen molar-refractivity contribution in [1.82, 2.24) is 0 Å². The fraction of sp³-hybridized carbons (Fsp3) is 0.500. The molecule has 1 N–H and O–H groups in total. The molecule has 76 valence electrons. The van der Waals surface area contributed by atoms with Gasteiger partial charge in [0.15, 0.2) is 0 Å². The van der Waals surface area contributed by atoms with Crippen LogP contribution < -0.4 is 0 Å². The number of benzene rings is 1. The Balaban J connectivity index is 2.42. The van der Waals surface area contributed by atoms with Gasteiger partial charge in [0.25, 0.3) is 0 Å². The fourth-order valence-electron chi connectivity index (χ4n) is 2.11. The smallest absolute Gasteiger partial charge is 0.0608 e. The van der Waals surface area contributed by atoms with E-state index in [2.05, 4.69) is 41.1 Å². The number of rotatable bonds is 2. The molecule has 0 heterocycles. The van der Waals surface area contributed by atoms with Gasteiger partial charge in [0, 0.05) is 9.89 Å². The zero-order chi connectivity index (χ0) is 10.3. The Kier molecular flexibility index (Phi) is 2.44. The first-order valence-electron chi connectivity index (χ1n) is 5.00. The van der Waals surface area contributed by atoms with Crippen molar-refractivity contribution < 1.29 is 5.11 Å². The third-order valence-electron chi connectivity index (χ3n) is 3.21. The zero-order valence-electron chi connectivity index (χ0n) is 8.55. The third-order valence-corrected chi connectivity index (χ3v) is 3.66. The molecular weight excluding hydrogens is 240 g/mol. The van der Waals surface area contributed by atoms with Crippen molar-refractivity contribution in [3.05, 3.63) is 33.8 Å². The number of aliphatic hydroxyl groups excluding tert-OH is 1. The highest BCUT2D eigenvalue weighted by Gasteiger charge is 2.48. The SMILES string of the molecule is Cc1cc(Br)cc(C2(C(C)O)CC2)c1. The van der Waals surface area contributed by atoms with E-state index in [9.17, 15) is 5.11 Å². The van der Waals surface area contributed by atoms with E-state index in [4.69, 9.17) is 0 Å². The molecule has 1 unspecified atom stereocenters. The minimum absolute atomic E-state index is 0.0501. The summed E-state index contributed by atoms with van der Waals surface area (Å²) in [5, 5.41) is 9.76. The minimum atomic E-state index is -0.240. The molecule has 0 aliphatic heterocycles. The van der Waals surface area contributed by atoms with Crippen LogP contribution >= 0.6 is 15.9 Å². The summed E-state index contributed by atoms with van der Waals surface area (Å²) in [6.07, 6.45) is 1.98. The van der Waals surface area contributed by atoms with Crippen LogP contribution in [-0.2, 0) is 5.41 Å². The summed E-state index contributed by atoms with van der Waals surface area (Å²) in [5.41, 5.74) is 2.58. The molecule has 1 aliphatic carbocycles. The predicted molar refractivity (Wildman–Crippen MR) is 61.5 cm³/mol. The highest BCUT2D eigenvalue weighted by molar-refractivity contribution is 9.10. The molecule has 1 saturated carbocycles. The highest BCUT2D eigenvalue weighted by atomic mass is 79.9. The summed E-state index contributed by atoms with van der Waals surface area (Å²) >= 11 is 3.50. The molecular formula is C12H15BrO. The van der Waals surface area contributed by atoms with Gasteiger partial charge in [-0.3, -0.25) is 0 Å². The Bertz CT molecular complexity index is 333. The Morgan fingerprint density at radius 1 is 1.36 bits per heavy atom. The molecule has 1 atom stereocenters. The third kappa shape index (κ3) is 1.61. The van der Waals surface area contributed by atoms with Crippen molar-refractivity contribution in [3.63, 3.8) is 0 Å². The Morgan fingerprint density at radius 3 is 2.43 bits per heavy atom. The maximum atomic E-state index is 9.76. The molecule has 0 saturated heterocycles. The highest BCUT2D eigenvalue weighted by Crippen LogP contribution is 2.51. The van der Waals surface area contributed by atoms with Gasteiger partial charge in [-0.25, -0.2) is 0 Å². The van der Waals surface area contributed by atoms with Crippen molar-refractivity contribution in [2.45, 2.75) is 38.2 Å². The molecule has 0 bridgehead atoms. The van der Waals surface area contributed by atoms with Gasteiger partial charge in [-0.1, -0.05) is 22.0 Å². The van der Waals surface area contributed by atoms with Crippen LogP contribution in [-0.4, -0.2) is 11.2 Å². The van der Waals surface area contributed by atoms with Crippen LogP contribution in [0.25, 0.3) is 0 Å². The second-order valence-corrected chi connectivity index (χ2v) is 5.27. The van der Waals surface area contributed by atoms with Crippen molar-refractivity contribution in [2.24, 2.45) is 0 Å². The number of aryl methyl sites for hydroxylation is 1. The maximum Gasteiger partial charge on any atom is 0.0608 e. The number of hydrogen-bond acceptors (Lipinski definition) is 1. The zero-order valence-corrected chi connectivity index (χ0v) is 10.1. The lowest BCUT2D eigenvalue weighted by molar-refractivity contribution is 0.150. The van der Waals surface area contributed by atoms with E-state index in [0.29, 0.717) is 0 Å². The van der Waals surface area contributed by atoms with Crippen LogP contribution in [0.1, 0.15) is 30.9 Å². The second-order valence-electron chi connectivity index (χ2n) is 4.35. The van der Waals surface area contributed by atoms with Crippen molar-refractivity contribution in [2.75, 3.05) is 0 Å². The summed E-state index contributed by atoms with van der Waals surface area (Å²) < 4.78 is 1.11. The molecule has 1 nitrogen and oxygen atoms in total. The number of hydrogen-bond donors (Lipinski definition) is 1. The first-order valence-corrected chi connectivity index (χ1v) is 5.80. The van der Waals surface area contributed by atoms with Gasteiger partial charge < -0.3 is 5.11 Å². The molecule has 1 aromatic rings. The topological polar surface area (TPSA) is 20.2 Å². The molecule has 0 radical (unpaired) electrons. The van der Waals surface area contributed by atoms with E-state index >= 15 is 0 Å². The summed E-state index contributed by atoms with van der Waals surface area (Å²) in [5.74, 6) is 0. The average Bonchev–Trinajstić information content (AvgIpc) is 2.81. The molecule has 14 heavy (non-hydrogen) atoms. The van der Waals surface area contributed by atoms with Gasteiger partial charge in [-0.15, -0.1) is 0 Å². The van der Waals surface area contributed by atoms with Gasteiger partial charge in [-0.05, 0) is 49.9 Å². The molecule has 2 heteroatoms. The molecule has 2 rings (SSSR count). The van der Waals surface area contributed by atoms with Crippen molar-refractivity contribution in [3.8, 4) is 0 Å². The standard InChI is InChI=1S/C12H15BrO/c1-8-5-10(7-11(13)6-8)12(3-4-12)9(2)14/h5-7,9,14H,3-4H2,1-2H3. The van der Waals surface area contributed by atoms with E-state index in [1.807, 2.05) is 6.92 Å². The fourth-order valence-corrected chi connectivity index (χ4v) is 2.71. The van der Waals surface area contributed by atoms with Crippen molar-refractivity contribution >= 4 is 15.9 Å². The van der Waals surface area contributed by atoms with Crippen LogP contribution in [0, 0.1) is 6.92 Å². The molecule has 0 aromatic heterocycles. The van der Waals surface area contributed by atoms with Crippen LogP contribution in [0.3, 0.4) is 0 Å². The first kappa shape index (κ1) is 10.2. The predicted octanol–water partition coefficient (Wildman–Crippen LogP) is 3.17. The molecule has 0 amide bonds. The summed E-state index contributed by atoms with van der Waals surface area (Å²) in [6, 6.07) is 6.42. The van der Waals surface area contributed by atoms with E-state index < -0.39 is 0 Å². The van der Waals surface area contributed by atoms with Crippen LogP contribution in [0.4, 0.5) is 0 Å².